The highest BCUT2D eigenvalue weighted by Crippen LogP contribution is 2.26. The van der Waals surface area contributed by atoms with Gasteiger partial charge in [0.15, 0.2) is 5.82 Å². The van der Waals surface area contributed by atoms with Crippen molar-refractivity contribution in [2.75, 3.05) is 23.3 Å². The number of benzene rings is 2. The average Bonchev–Trinajstić information content (AvgIpc) is 2.81. The van der Waals surface area contributed by atoms with Crippen molar-refractivity contribution < 1.29 is 18.5 Å². The summed E-state index contributed by atoms with van der Waals surface area (Å²) in [6, 6.07) is 12.9. The molecule has 1 aromatic heterocycles. The lowest BCUT2D eigenvalue weighted by Gasteiger charge is -2.31. The molecule has 2 aromatic carbocycles. The minimum absolute atomic E-state index is 0.188. The van der Waals surface area contributed by atoms with Crippen LogP contribution in [0.1, 0.15) is 12.8 Å². The first kappa shape index (κ1) is 21.3. The normalized spacial score (nSPS) is 14.2. The number of hydrogen-bond acceptors (Lipinski definition) is 6. The summed E-state index contributed by atoms with van der Waals surface area (Å²) in [5.74, 6) is -1.12. The van der Waals surface area contributed by atoms with Crippen LogP contribution in [0.5, 0.6) is 0 Å². The molecule has 32 heavy (non-hydrogen) atoms. The molecule has 2 heterocycles. The lowest BCUT2D eigenvalue weighted by Crippen LogP contribution is -2.38. The van der Waals surface area contributed by atoms with E-state index < -0.39 is 16.4 Å². The van der Waals surface area contributed by atoms with Gasteiger partial charge in [-0.3, -0.25) is 14.9 Å². The third-order valence-corrected chi connectivity index (χ3v) is 5.39. The number of carbonyl (C=O) groups is 1. The molecule has 164 valence electrons. The molecule has 0 atom stereocenters. The van der Waals surface area contributed by atoms with E-state index in [0.717, 1.165) is 17.7 Å². The molecule has 3 aromatic rings. The number of nitro groups is 1. The van der Waals surface area contributed by atoms with Crippen LogP contribution < -0.4 is 10.2 Å². The first-order valence-electron chi connectivity index (χ1n) is 10.00. The molecule has 1 amide bonds. The lowest BCUT2D eigenvalue weighted by molar-refractivity contribution is -0.387. The Hall–Kier alpha value is -3.95. The van der Waals surface area contributed by atoms with Gasteiger partial charge in [0.2, 0.25) is 11.7 Å². The molecule has 0 unspecified atom stereocenters. The Morgan fingerprint density at radius 3 is 2.38 bits per heavy atom. The lowest BCUT2D eigenvalue weighted by atomic mass is 9.95. The van der Waals surface area contributed by atoms with Gasteiger partial charge in [-0.2, -0.15) is 4.39 Å². The van der Waals surface area contributed by atoms with E-state index in [1.165, 1.54) is 18.2 Å². The largest absolute Gasteiger partial charge is 0.355 e. The molecule has 1 aliphatic heterocycles. The summed E-state index contributed by atoms with van der Waals surface area (Å²) in [6.07, 6.45) is 1.13. The number of nitrogens with zero attached hydrogens (tertiary/aromatic N) is 4. The summed E-state index contributed by atoms with van der Waals surface area (Å²) < 4.78 is 26.5. The maximum Gasteiger partial charge on any atom is 0.306 e. The molecule has 0 spiro atoms. The van der Waals surface area contributed by atoms with Crippen molar-refractivity contribution in [1.82, 2.24) is 10.2 Å². The number of nitrogens with one attached hydrogen (secondary N) is 1. The van der Waals surface area contributed by atoms with Gasteiger partial charge in [0.25, 0.3) is 0 Å². The SMILES string of the molecule is O=C(Nc1ccc(F)c([N+](=O)[O-])c1)C1CCN(c2ccc(-c3ccc(F)cc3)nn2)CC1. The average molecular weight is 439 g/mol. The van der Waals surface area contributed by atoms with Crippen molar-refractivity contribution in [3.8, 4) is 11.3 Å². The predicted molar refractivity (Wildman–Crippen MR) is 114 cm³/mol. The van der Waals surface area contributed by atoms with Gasteiger partial charge in [-0.1, -0.05) is 0 Å². The summed E-state index contributed by atoms with van der Waals surface area (Å²) in [7, 11) is 0. The monoisotopic (exact) mass is 439 g/mol. The highest BCUT2D eigenvalue weighted by molar-refractivity contribution is 5.93. The Morgan fingerprint density at radius 1 is 1.03 bits per heavy atom. The Bertz CT molecular complexity index is 1130. The topological polar surface area (TPSA) is 101 Å². The standard InChI is InChI=1S/C22H19F2N5O3/c23-16-3-1-14(2-4-16)19-7-8-21(27-26-19)28-11-9-15(10-12-28)22(30)25-17-5-6-18(24)20(13-17)29(31)32/h1-8,13,15H,9-12H2,(H,25,30). The highest BCUT2D eigenvalue weighted by atomic mass is 19.1. The van der Waals surface area contributed by atoms with Crippen LogP contribution in [0.2, 0.25) is 0 Å². The molecule has 0 saturated carbocycles. The van der Waals surface area contributed by atoms with E-state index >= 15 is 0 Å². The summed E-state index contributed by atoms with van der Waals surface area (Å²) in [5.41, 5.74) is 0.909. The zero-order chi connectivity index (χ0) is 22.7. The molecule has 1 saturated heterocycles. The fourth-order valence-corrected chi connectivity index (χ4v) is 3.61. The van der Waals surface area contributed by atoms with E-state index in [2.05, 4.69) is 15.5 Å². The van der Waals surface area contributed by atoms with E-state index in [-0.39, 0.29) is 23.3 Å². The van der Waals surface area contributed by atoms with Gasteiger partial charge < -0.3 is 10.2 Å². The maximum atomic E-state index is 13.5. The van der Waals surface area contributed by atoms with Gasteiger partial charge >= 0.3 is 5.69 Å². The number of amides is 1. The van der Waals surface area contributed by atoms with Crippen LogP contribution >= 0.6 is 0 Å². The summed E-state index contributed by atoms with van der Waals surface area (Å²) in [6.45, 7) is 1.18. The van der Waals surface area contributed by atoms with Crippen LogP contribution in [0.4, 0.5) is 26.0 Å². The second kappa shape index (κ2) is 9.04. The van der Waals surface area contributed by atoms with E-state index in [1.54, 1.807) is 12.1 Å². The minimum Gasteiger partial charge on any atom is -0.355 e. The second-order valence-corrected chi connectivity index (χ2v) is 7.46. The van der Waals surface area contributed by atoms with Crippen molar-refractivity contribution in [2.45, 2.75) is 12.8 Å². The fraction of sp³-hybridized carbons (Fsp3) is 0.227. The molecule has 1 N–H and O–H groups in total. The number of halogens is 2. The summed E-state index contributed by atoms with van der Waals surface area (Å²) in [5, 5.41) is 22.0. The summed E-state index contributed by atoms with van der Waals surface area (Å²) in [4.78, 5) is 24.6. The molecular weight excluding hydrogens is 420 g/mol. The van der Waals surface area contributed by atoms with Gasteiger partial charge in [0.05, 0.1) is 10.6 Å². The van der Waals surface area contributed by atoms with Crippen LogP contribution in [0.3, 0.4) is 0 Å². The van der Waals surface area contributed by atoms with Crippen LogP contribution in [0.15, 0.2) is 54.6 Å². The fourth-order valence-electron chi connectivity index (χ4n) is 3.61. The molecule has 1 fully saturated rings. The Morgan fingerprint density at radius 2 is 1.75 bits per heavy atom. The maximum absolute atomic E-state index is 13.5. The predicted octanol–water partition coefficient (Wildman–Crippen LogP) is 4.19. The van der Waals surface area contributed by atoms with Gasteiger partial charge in [0.1, 0.15) is 5.82 Å². The molecule has 1 aliphatic rings. The smallest absolute Gasteiger partial charge is 0.306 e. The molecule has 4 rings (SSSR count). The van der Waals surface area contributed by atoms with E-state index in [0.29, 0.717) is 37.4 Å². The van der Waals surface area contributed by atoms with Crippen molar-refractivity contribution in [1.29, 1.82) is 0 Å². The number of hydrogen-bond donors (Lipinski definition) is 1. The number of nitro benzene ring substituents is 1. The van der Waals surface area contributed by atoms with Gasteiger partial charge in [-0.15, -0.1) is 10.2 Å². The molecule has 0 aliphatic carbocycles. The van der Waals surface area contributed by atoms with E-state index in [9.17, 15) is 23.7 Å². The first-order valence-corrected chi connectivity index (χ1v) is 10.00. The third kappa shape index (κ3) is 4.69. The highest BCUT2D eigenvalue weighted by Gasteiger charge is 2.26. The van der Waals surface area contributed by atoms with Crippen molar-refractivity contribution in [3.05, 3.63) is 76.3 Å². The Kier molecular flexibility index (Phi) is 6.02. The molecule has 0 radical (unpaired) electrons. The third-order valence-electron chi connectivity index (χ3n) is 5.39. The van der Waals surface area contributed by atoms with Crippen LogP contribution in [0, 0.1) is 27.7 Å². The van der Waals surface area contributed by atoms with Crippen LogP contribution in [-0.4, -0.2) is 34.1 Å². The number of aromatic nitrogens is 2. The van der Waals surface area contributed by atoms with Gasteiger partial charge in [0, 0.05) is 36.3 Å². The molecule has 8 nitrogen and oxygen atoms in total. The summed E-state index contributed by atoms with van der Waals surface area (Å²) >= 11 is 0. The van der Waals surface area contributed by atoms with Crippen molar-refractivity contribution >= 4 is 23.1 Å². The zero-order valence-corrected chi connectivity index (χ0v) is 16.9. The quantitative estimate of drug-likeness (QED) is 0.473. The van der Waals surface area contributed by atoms with Crippen LogP contribution in [-0.2, 0) is 4.79 Å². The number of piperidine rings is 1. The number of rotatable bonds is 5. The van der Waals surface area contributed by atoms with Gasteiger partial charge in [-0.25, -0.2) is 4.39 Å². The second-order valence-electron chi connectivity index (χ2n) is 7.46. The zero-order valence-electron chi connectivity index (χ0n) is 16.9. The van der Waals surface area contributed by atoms with E-state index in [4.69, 9.17) is 0 Å². The number of anilines is 2. The molecule has 10 heteroatoms. The molecular formula is C22H19F2N5O3. The Balaban J connectivity index is 1.34. The van der Waals surface area contributed by atoms with Crippen molar-refractivity contribution in [2.24, 2.45) is 5.92 Å². The van der Waals surface area contributed by atoms with Gasteiger partial charge in [-0.05, 0) is 61.4 Å². The Labute approximate surface area is 182 Å². The van der Waals surface area contributed by atoms with Crippen LogP contribution in [0.25, 0.3) is 11.3 Å². The first-order chi connectivity index (χ1) is 15.4. The molecule has 0 bridgehead atoms. The van der Waals surface area contributed by atoms with Crippen molar-refractivity contribution in [3.63, 3.8) is 0 Å². The van der Waals surface area contributed by atoms with E-state index in [1.807, 2.05) is 17.0 Å². The minimum atomic E-state index is -0.951. The number of carbonyl (C=O) groups excluding carboxylic acids is 1.